The molecule has 0 bridgehead atoms. The topological polar surface area (TPSA) is 6.48 Å². The summed E-state index contributed by atoms with van der Waals surface area (Å²) < 4.78 is 0. The lowest BCUT2D eigenvalue weighted by molar-refractivity contribution is 0.213. The molecular weight excluding hydrogens is 168 g/mol. The zero-order chi connectivity index (χ0) is 8.97. The molecule has 0 N–H and O–H groups in total. The first kappa shape index (κ1) is 10.4. The monoisotopic (exact) mass is 188 g/mol. The summed E-state index contributed by atoms with van der Waals surface area (Å²) in [5.74, 6) is 0.980. The molecule has 72 valence electrons. The van der Waals surface area contributed by atoms with Crippen LogP contribution >= 0.6 is 12.6 Å². The minimum Gasteiger partial charge on any atom is -0.305 e. The summed E-state index contributed by atoms with van der Waals surface area (Å²) in [7, 11) is 2.21. The highest BCUT2D eigenvalue weighted by Crippen LogP contribution is 2.07. The van der Waals surface area contributed by atoms with Crippen LogP contribution < -0.4 is 0 Å². The number of nitrogens with zero attached hydrogens (tertiary/aromatic N) is 2. The van der Waals surface area contributed by atoms with Crippen LogP contribution in [0.1, 0.15) is 13.3 Å². The van der Waals surface area contributed by atoms with E-state index in [2.05, 4.69) is 36.4 Å². The molecule has 2 nitrogen and oxygen atoms in total. The predicted molar refractivity (Wildman–Crippen MR) is 57.0 cm³/mol. The summed E-state index contributed by atoms with van der Waals surface area (Å²) in [6, 6.07) is 0.699. The van der Waals surface area contributed by atoms with E-state index in [-0.39, 0.29) is 0 Å². The highest BCUT2D eigenvalue weighted by Gasteiger charge is 2.17. The summed E-state index contributed by atoms with van der Waals surface area (Å²) in [6.45, 7) is 7.14. The smallest absolute Gasteiger partial charge is 0.0195 e. The first-order chi connectivity index (χ1) is 5.74. The van der Waals surface area contributed by atoms with Crippen molar-refractivity contribution in [3.05, 3.63) is 0 Å². The van der Waals surface area contributed by atoms with Gasteiger partial charge < -0.3 is 4.90 Å². The lowest BCUT2D eigenvalue weighted by atomic mass is 10.3. The Morgan fingerprint density at radius 2 is 2.17 bits per heavy atom. The number of thiol groups is 1. The van der Waals surface area contributed by atoms with Gasteiger partial charge in [-0.1, -0.05) is 0 Å². The standard InChI is InChI=1S/C9H20N2S/c1-9-8-10(2)4-3-5-11(9)6-7-12/h9,12H,3-8H2,1-2H3. The molecule has 0 saturated carbocycles. The first-order valence-electron chi connectivity index (χ1n) is 4.77. The van der Waals surface area contributed by atoms with Gasteiger partial charge in [0.2, 0.25) is 0 Å². The second-order valence-electron chi connectivity index (χ2n) is 3.72. The Morgan fingerprint density at radius 1 is 1.42 bits per heavy atom. The van der Waals surface area contributed by atoms with Crippen molar-refractivity contribution in [1.82, 2.24) is 9.80 Å². The summed E-state index contributed by atoms with van der Waals surface area (Å²) in [5, 5.41) is 0. The van der Waals surface area contributed by atoms with Gasteiger partial charge in [0.15, 0.2) is 0 Å². The minimum atomic E-state index is 0.699. The first-order valence-corrected chi connectivity index (χ1v) is 5.40. The second-order valence-corrected chi connectivity index (χ2v) is 4.17. The zero-order valence-corrected chi connectivity index (χ0v) is 9.06. The summed E-state index contributed by atoms with van der Waals surface area (Å²) >= 11 is 4.27. The van der Waals surface area contributed by atoms with Crippen LogP contribution in [0.2, 0.25) is 0 Å². The van der Waals surface area contributed by atoms with Gasteiger partial charge in [-0.25, -0.2) is 0 Å². The molecule has 0 aliphatic carbocycles. The van der Waals surface area contributed by atoms with E-state index in [4.69, 9.17) is 0 Å². The molecule has 0 spiro atoms. The zero-order valence-electron chi connectivity index (χ0n) is 8.16. The summed E-state index contributed by atoms with van der Waals surface area (Å²) in [4.78, 5) is 4.96. The van der Waals surface area contributed by atoms with Crippen LogP contribution in [0.5, 0.6) is 0 Å². The second kappa shape index (κ2) is 5.10. The van der Waals surface area contributed by atoms with Crippen molar-refractivity contribution in [2.45, 2.75) is 19.4 Å². The van der Waals surface area contributed by atoms with E-state index < -0.39 is 0 Å². The van der Waals surface area contributed by atoms with Gasteiger partial charge in [-0.15, -0.1) is 0 Å². The molecule has 0 aromatic rings. The Balaban J connectivity index is 2.40. The van der Waals surface area contributed by atoms with E-state index >= 15 is 0 Å². The van der Waals surface area contributed by atoms with E-state index in [0.717, 1.165) is 12.3 Å². The van der Waals surface area contributed by atoms with Gasteiger partial charge in [-0.2, -0.15) is 12.6 Å². The van der Waals surface area contributed by atoms with Gasteiger partial charge in [0.1, 0.15) is 0 Å². The quantitative estimate of drug-likeness (QED) is 0.644. The Labute approximate surface area is 81.3 Å². The van der Waals surface area contributed by atoms with E-state index in [1.165, 1.54) is 26.1 Å². The van der Waals surface area contributed by atoms with E-state index in [0.29, 0.717) is 6.04 Å². The molecule has 1 rings (SSSR count). The van der Waals surface area contributed by atoms with Crippen LogP contribution in [0.25, 0.3) is 0 Å². The van der Waals surface area contributed by atoms with Crippen LogP contribution in [-0.2, 0) is 0 Å². The highest BCUT2D eigenvalue weighted by molar-refractivity contribution is 7.80. The fraction of sp³-hybridized carbons (Fsp3) is 1.00. The SMILES string of the molecule is CC1CN(C)CCCN1CCS. The van der Waals surface area contributed by atoms with Crippen LogP contribution in [-0.4, -0.2) is 54.8 Å². The van der Waals surface area contributed by atoms with Crippen molar-refractivity contribution in [2.75, 3.05) is 39.0 Å². The molecule has 1 fully saturated rings. The van der Waals surface area contributed by atoms with Crippen molar-refractivity contribution >= 4 is 12.6 Å². The molecule has 1 heterocycles. The average Bonchev–Trinajstić information content (AvgIpc) is 2.15. The Morgan fingerprint density at radius 3 is 2.83 bits per heavy atom. The molecule has 0 amide bonds. The minimum absolute atomic E-state index is 0.699. The average molecular weight is 188 g/mol. The molecule has 1 aliphatic heterocycles. The van der Waals surface area contributed by atoms with Gasteiger partial charge in [0, 0.05) is 24.9 Å². The maximum absolute atomic E-state index is 4.27. The third kappa shape index (κ3) is 2.96. The third-order valence-electron chi connectivity index (χ3n) is 2.57. The Bertz CT molecular complexity index is 130. The van der Waals surface area contributed by atoms with Crippen LogP contribution in [0.4, 0.5) is 0 Å². The van der Waals surface area contributed by atoms with Gasteiger partial charge in [0.25, 0.3) is 0 Å². The van der Waals surface area contributed by atoms with Crippen molar-refractivity contribution in [1.29, 1.82) is 0 Å². The molecule has 12 heavy (non-hydrogen) atoms. The lowest BCUT2D eigenvalue weighted by Crippen LogP contribution is -2.38. The summed E-state index contributed by atoms with van der Waals surface area (Å²) in [5.41, 5.74) is 0. The van der Waals surface area contributed by atoms with Crippen LogP contribution in [0, 0.1) is 0 Å². The molecule has 0 aromatic heterocycles. The van der Waals surface area contributed by atoms with E-state index in [1.54, 1.807) is 0 Å². The molecule has 1 atom stereocenters. The van der Waals surface area contributed by atoms with Crippen molar-refractivity contribution in [2.24, 2.45) is 0 Å². The van der Waals surface area contributed by atoms with Gasteiger partial charge in [-0.05, 0) is 33.5 Å². The van der Waals surface area contributed by atoms with Crippen molar-refractivity contribution < 1.29 is 0 Å². The van der Waals surface area contributed by atoms with Crippen LogP contribution in [0.3, 0.4) is 0 Å². The maximum atomic E-state index is 4.27. The third-order valence-corrected chi connectivity index (χ3v) is 2.77. The Hall–Kier alpha value is 0.270. The molecular formula is C9H20N2S. The molecule has 1 saturated heterocycles. The predicted octanol–water partition coefficient (Wildman–Crippen LogP) is 0.942. The number of likely N-dealkylation sites (N-methyl/N-ethyl adjacent to an activating group) is 1. The molecule has 3 heteroatoms. The van der Waals surface area contributed by atoms with E-state index in [9.17, 15) is 0 Å². The molecule has 1 unspecified atom stereocenters. The van der Waals surface area contributed by atoms with Gasteiger partial charge >= 0.3 is 0 Å². The largest absolute Gasteiger partial charge is 0.305 e. The van der Waals surface area contributed by atoms with E-state index in [1.807, 2.05) is 0 Å². The van der Waals surface area contributed by atoms with Gasteiger partial charge in [0.05, 0.1) is 0 Å². The fourth-order valence-corrected chi connectivity index (χ4v) is 2.14. The molecule has 0 radical (unpaired) electrons. The van der Waals surface area contributed by atoms with Crippen molar-refractivity contribution in [3.8, 4) is 0 Å². The van der Waals surface area contributed by atoms with Crippen LogP contribution in [0.15, 0.2) is 0 Å². The molecule has 0 aromatic carbocycles. The fourth-order valence-electron chi connectivity index (χ4n) is 1.88. The normalized spacial score (nSPS) is 28.8. The van der Waals surface area contributed by atoms with Gasteiger partial charge in [-0.3, -0.25) is 4.90 Å². The lowest BCUT2D eigenvalue weighted by Gasteiger charge is -2.26. The number of hydrogen-bond donors (Lipinski definition) is 1. The Kier molecular flexibility index (Phi) is 4.40. The maximum Gasteiger partial charge on any atom is 0.0195 e. The highest BCUT2D eigenvalue weighted by atomic mass is 32.1. The van der Waals surface area contributed by atoms with Crippen molar-refractivity contribution in [3.63, 3.8) is 0 Å². The number of hydrogen-bond acceptors (Lipinski definition) is 3. The summed E-state index contributed by atoms with van der Waals surface area (Å²) in [6.07, 6.45) is 1.30. The molecule has 1 aliphatic rings. The number of rotatable bonds is 2.